The Morgan fingerprint density at radius 1 is 1.05 bits per heavy atom. The van der Waals surface area contributed by atoms with Crippen molar-refractivity contribution < 1.29 is 25.2 Å². The molecule has 5 nitrogen and oxygen atoms in total. The van der Waals surface area contributed by atoms with Crippen LogP contribution in [0.2, 0.25) is 0 Å². The molecule has 0 radical (unpaired) electrons. The number of rotatable bonds is 3. The number of aryl methyl sites for hydroxylation is 1. The molecule has 1 fully saturated rings. The molecule has 1 saturated heterocycles. The third kappa shape index (κ3) is 2.66. The van der Waals surface area contributed by atoms with Crippen LogP contribution in [0.25, 0.3) is 0 Å². The number of benzene rings is 1. The average molecular weight is 268 g/mol. The Bertz CT molecular complexity index is 420. The first-order valence-corrected chi connectivity index (χ1v) is 6.48. The first-order valence-electron chi connectivity index (χ1n) is 6.48. The van der Waals surface area contributed by atoms with Crippen molar-refractivity contribution >= 4 is 0 Å². The molecule has 106 valence electrons. The maximum Gasteiger partial charge on any atom is 0.113 e. The van der Waals surface area contributed by atoms with Gasteiger partial charge in [-0.2, -0.15) is 0 Å². The van der Waals surface area contributed by atoms with Gasteiger partial charge in [-0.15, -0.1) is 0 Å². The highest BCUT2D eigenvalue weighted by Crippen LogP contribution is 2.34. The second kappa shape index (κ2) is 5.98. The quantitative estimate of drug-likeness (QED) is 0.608. The second-order valence-electron chi connectivity index (χ2n) is 4.80. The molecule has 1 heterocycles. The fourth-order valence-electron chi connectivity index (χ4n) is 2.49. The molecule has 5 heteroatoms. The number of ether oxygens (including phenoxy) is 1. The summed E-state index contributed by atoms with van der Waals surface area (Å²) in [5, 5.41) is 38.8. The van der Waals surface area contributed by atoms with E-state index in [-0.39, 0.29) is 0 Å². The van der Waals surface area contributed by atoms with Crippen molar-refractivity contribution in [1.29, 1.82) is 0 Å². The van der Waals surface area contributed by atoms with Gasteiger partial charge in [0.25, 0.3) is 0 Å². The molecule has 1 aliphatic rings. The van der Waals surface area contributed by atoms with Gasteiger partial charge < -0.3 is 25.2 Å². The van der Waals surface area contributed by atoms with Crippen LogP contribution in [0.5, 0.6) is 0 Å². The highest BCUT2D eigenvalue weighted by molar-refractivity contribution is 5.30. The topological polar surface area (TPSA) is 90.2 Å². The van der Waals surface area contributed by atoms with Crippen molar-refractivity contribution in [3.63, 3.8) is 0 Å². The van der Waals surface area contributed by atoms with Gasteiger partial charge in [0, 0.05) is 0 Å². The van der Waals surface area contributed by atoms with E-state index >= 15 is 0 Å². The van der Waals surface area contributed by atoms with Crippen LogP contribution >= 0.6 is 0 Å². The van der Waals surface area contributed by atoms with E-state index in [9.17, 15) is 20.4 Å². The minimum absolute atomic E-state index is 0.407. The Balaban J connectivity index is 2.32. The number of hydrogen-bond acceptors (Lipinski definition) is 5. The first kappa shape index (κ1) is 14.4. The van der Waals surface area contributed by atoms with E-state index in [1.807, 2.05) is 31.2 Å². The molecule has 2 rings (SSSR count). The fraction of sp³-hybridized carbons (Fsp3) is 0.571. The maximum absolute atomic E-state index is 10.1. The van der Waals surface area contributed by atoms with Crippen molar-refractivity contribution in [2.24, 2.45) is 0 Å². The second-order valence-corrected chi connectivity index (χ2v) is 4.80. The summed E-state index contributed by atoms with van der Waals surface area (Å²) in [6, 6.07) is 7.48. The zero-order valence-corrected chi connectivity index (χ0v) is 10.8. The largest absolute Gasteiger partial charge is 0.394 e. The first-order chi connectivity index (χ1) is 9.10. The Hall–Kier alpha value is -0.980. The van der Waals surface area contributed by atoms with Crippen LogP contribution in [0.15, 0.2) is 24.3 Å². The summed E-state index contributed by atoms with van der Waals surface area (Å²) in [6.45, 7) is 1.58. The van der Waals surface area contributed by atoms with Gasteiger partial charge in [-0.3, -0.25) is 0 Å². The van der Waals surface area contributed by atoms with Gasteiger partial charge in [0.15, 0.2) is 0 Å². The minimum atomic E-state index is -1.33. The van der Waals surface area contributed by atoms with Gasteiger partial charge in [0.1, 0.15) is 30.5 Å². The standard InChI is InChI=1S/C14H20O5/c1-2-8-5-3-4-6-9(8)14-13(18)12(17)11(16)10(7-15)19-14/h3-6,10-18H,2,7H2,1H3/t10-,11-,12+,13-,14+/m1/s1. The molecule has 19 heavy (non-hydrogen) atoms. The lowest BCUT2D eigenvalue weighted by atomic mass is 9.89. The van der Waals surface area contributed by atoms with Gasteiger partial charge in [0.05, 0.1) is 6.61 Å². The Morgan fingerprint density at radius 3 is 2.37 bits per heavy atom. The van der Waals surface area contributed by atoms with Crippen LogP contribution < -0.4 is 0 Å². The molecule has 4 N–H and O–H groups in total. The van der Waals surface area contributed by atoms with E-state index < -0.39 is 37.1 Å². The van der Waals surface area contributed by atoms with Gasteiger partial charge in [-0.05, 0) is 17.5 Å². The highest BCUT2D eigenvalue weighted by atomic mass is 16.5. The molecule has 0 spiro atoms. The van der Waals surface area contributed by atoms with Crippen LogP contribution in [-0.2, 0) is 11.2 Å². The van der Waals surface area contributed by atoms with Crippen LogP contribution in [-0.4, -0.2) is 51.4 Å². The number of hydrogen-bond donors (Lipinski definition) is 4. The van der Waals surface area contributed by atoms with Gasteiger partial charge >= 0.3 is 0 Å². The Labute approximate surface area is 112 Å². The molecular weight excluding hydrogens is 248 g/mol. The van der Waals surface area contributed by atoms with E-state index in [1.165, 1.54) is 0 Å². The summed E-state index contributed by atoms with van der Waals surface area (Å²) in [6.07, 6.45) is -4.71. The smallest absolute Gasteiger partial charge is 0.113 e. The molecule has 0 saturated carbocycles. The van der Waals surface area contributed by atoms with E-state index in [0.29, 0.717) is 0 Å². The lowest BCUT2D eigenvalue weighted by Crippen LogP contribution is -2.55. The molecule has 1 aliphatic heterocycles. The summed E-state index contributed by atoms with van der Waals surface area (Å²) in [7, 11) is 0. The van der Waals surface area contributed by atoms with Crippen LogP contribution in [0.3, 0.4) is 0 Å². The van der Waals surface area contributed by atoms with Crippen LogP contribution in [0.4, 0.5) is 0 Å². The third-order valence-corrected chi connectivity index (χ3v) is 3.63. The predicted octanol–water partition coefficient (Wildman–Crippen LogP) is -0.236. The molecule has 5 atom stereocenters. The highest BCUT2D eigenvalue weighted by Gasteiger charge is 2.44. The fourth-order valence-corrected chi connectivity index (χ4v) is 2.49. The van der Waals surface area contributed by atoms with Crippen LogP contribution in [0.1, 0.15) is 24.2 Å². The summed E-state index contributed by atoms with van der Waals surface area (Å²) in [4.78, 5) is 0. The SMILES string of the molecule is CCc1ccccc1[C@@H]1O[C@H](CO)[C@@H](O)[C@H](O)[C@H]1O. The molecular formula is C14H20O5. The van der Waals surface area contributed by atoms with Crippen molar-refractivity contribution in [1.82, 2.24) is 0 Å². The lowest BCUT2D eigenvalue weighted by Gasteiger charge is -2.40. The molecule has 0 aromatic heterocycles. The molecule has 0 bridgehead atoms. The van der Waals surface area contributed by atoms with E-state index in [1.54, 1.807) is 0 Å². The minimum Gasteiger partial charge on any atom is -0.394 e. The molecule has 0 amide bonds. The zero-order chi connectivity index (χ0) is 14.0. The molecule has 1 aromatic rings. The van der Waals surface area contributed by atoms with E-state index in [4.69, 9.17) is 4.74 Å². The Morgan fingerprint density at radius 2 is 1.74 bits per heavy atom. The van der Waals surface area contributed by atoms with Gasteiger partial charge in [-0.1, -0.05) is 31.2 Å². The maximum atomic E-state index is 10.1. The lowest BCUT2D eigenvalue weighted by molar-refractivity contribution is -0.231. The monoisotopic (exact) mass is 268 g/mol. The van der Waals surface area contributed by atoms with Crippen molar-refractivity contribution in [2.45, 2.75) is 43.9 Å². The van der Waals surface area contributed by atoms with E-state index in [0.717, 1.165) is 17.5 Å². The third-order valence-electron chi connectivity index (χ3n) is 3.63. The number of aliphatic hydroxyl groups excluding tert-OH is 4. The van der Waals surface area contributed by atoms with Crippen molar-refractivity contribution in [3.8, 4) is 0 Å². The summed E-state index contributed by atoms with van der Waals surface area (Å²) in [5.74, 6) is 0. The number of aliphatic hydroxyl groups is 4. The van der Waals surface area contributed by atoms with Gasteiger partial charge in [-0.25, -0.2) is 0 Å². The molecule has 0 unspecified atom stereocenters. The van der Waals surface area contributed by atoms with Gasteiger partial charge in [0.2, 0.25) is 0 Å². The summed E-state index contributed by atoms with van der Waals surface area (Å²) < 4.78 is 5.55. The molecule has 0 aliphatic carbocycles. The summed E-state index contributed by atoms with van der Waals surface area (Å²) >= 11 is 0. The van der Waals surface area contributed by atoms with E-state index in [2.05, 4.69) is 0 Å². The predicted molar refractivity (Wildman–Crippen MR) is 68.5 cm³/mol. The van der Waals surface area contributed by atoms with Crippen LogP contribution in [0, 0.1) is 0 Å². The average Bonchev–Trinajstić information content (AvgIpc) is 2.45. The zero-order valence-electron chi connectivity index (χ0n) is 10.8. The Kier molecular flexibility index (Phi) is 4.54. The summed E-state index contributed by atoms with van der Waals surface area (Å²) in [5.41, 5.74) is 1.79. The van der Waals surface area contributed by atoms with Crippen molar-refractivity contribution in [2.75, 3.05) is 6.61 Å². The normalized spacial score (nSPS) is 35.3. The molecule has 1 aromatic carbocycles. The van der Waals surface area contributed by atoms with Crippen molar-refractivity contribution in [3.05, 3.63) is 35.4 Å².